The summed E-state index contributed by atoms with van der Waals surface area (Å²) < 4.78 is 0. The van der Waals surface area contributed by atoms with Crippen LogP contribution in [-0.4, -0.2) is 60.9 Å². The van der Waals surface area contributed by atoms with E-state index in [1.54, 1.807) is 0 Å². The standard InChI is InChI=1S/C21H29N3O2/c25-20(7-6-16-4-2-1-3-5-16)23-10-8-17(9-11-23)21(26)24-14-18-12-22-13-19(18)15-24/h1-5,17-19,22H,6-15H2/t18-,19+. The lowest BCUT2D eigenvalue weighted by atomic mass is 9.95. The number of likely N-dealkylation sites (tertiary alicyclic amines) is 2. The van der Waals surface area contributed by atoms with Gasteiger partial charge in [-0.05, 0) is 36.7 Å². The molecule has 1 aromatic rings. The summed E-state index contributed by atoms with van der Waals surface area (Å²) >= 11 is 0. The fraction of sp³-hybridized carbons (Fsp3) is 0.619. The molecule has 1 aromatic carbocycles. The van der Waals surface area contributed by atoms with Crippen LogP contribution in [-0.2, 0) is 16.0 Å². The number of carbonyl (C=O) groups excluding carboxylic acids is 2. The van der Waals surface area contributed by atoms with Crippen LogP contribution in [0.25, 0.3) is 0 Å². The van der Waals surface area contributed by atoms with Gasteiger partial charge in [0.15, 0.2) is 0 Å². The lowest BCUT2D eigenvalue weighted by Crippen LogP contribution is -2.44. The van der Waals surface area contributed by atoms with Gasteiger partial charge in [0.2, 0.25) is 11.8 Å². The third-order valence-corrected chi connectivity index (χ3v) is 6.37. The van der Waals surface area contributed by atoms with Crippen molar-refractivity contribution in [2.45, 2.75) is 25.7 Å². The monoisotopic (exact) mass is 355 g/mol. The molecule has 0 bridgehead atoms. The SMILES string of the molecule is O=C(CCc1ccccc1)N1CCC(C(=O)N2C[C@H]3CNC[C@H]3C2)CC1. The van der Waals surface area contributed by atoms with Gasteiger partial charge in [-0.1, -0.05) is 30.3 Å². The van der Waals surface area contributed by atoms with Crippen LogP contribution in [0.4, 0.5) is 0 Å². The summed E-state index contributed by atoms with van der Waals surface area (Å²) in [5, 5.41) is 3.42. The molecule has 26 heavy (non-hydrogen) atoms. The Morgan fingerprint density at radius 2 is 1.62 bits per heavy atom. The molecule has 2 amide bonds. The van der Waals surface area contributed by atoms with Crippen molar-refractivity contribution in [2.24, 2.45) is 17.8 Å². The third kappa shape index (κ3) is 3.78. The fourth-order valence-corrected chi connectivity index (χ4v) is 4.72. The summed E-state index contributed by atoms with van der Waals surface area (Å²) in [5.74, 6) is 1.97. The minimum Gasteiger partial charge on any atom is -0.343 e. The summed E-state index contributed by atoms with van der Waals surface area (Å²) in [4.78, 5) is 29.3. The second-order valence-electron chi connectivity index (χ2n) is 8.06. The molecule has 0 aliphatic carbocycles. The molecule has 1 N–H and O–H groups in total. The number of amides is 2. The highest BCUT2D eigenvalue weighted by molar-refractivity contribution is 5.80. The number of fused-ring (bicyclic) bond motifs is 1. The zero-order valence-corrected chi connectivity index (χ0v) is 15.4. The Morgan fingerprint density at radius 1 is 0.962 bits per heavy atom. The number of piperidine rings is 1. The number of benzene rings is 1. The molecule has 0 radical (unpaired) electrons. The van der Waals surface area contributed by atoms with Crippen LogP contribution in [0.5, 0.6) is 0 Å². The summed E-state index contributed by atoms with van der Waals surface area (Å²) in [7, 11) is 0. The Bertz CT molecular complexity index is 628. The Hall–Kier alpha value is -1.88. The Kier molecular flexibility index (Phi) is 5.25. The zero-order valence-electron chi connectivity index (χ0n) is 15.4. The fourth-order valence-electron chi connectivity index (χ4n) is 4.72. The first kappa shape index (κ1) is 17.5. The maximum absolute atomic E-state index is 12.8. The van der Waals surface area contributed by atoms with E-state index in [1.165, 1.54) is 5.56 Å². The third-order valence-electron chi connectivity index (χ3n) is 6.37. The van der Waals surface area contributed by atoms with Gasteiger partial charge in [0.25, 0.3) is 0 Å². The summed E-state index contributed by atoms with van der Waals surface area (Å²) in [6.07, 6.45) is 2.99. The Labute approximate surface area is 155 Å². The van der Waals surface area contributed by atoms with Crippen molar-refractivity contribution < 1.29 is 9.59 Å². The number of rotatable bonds is 4. The maximum Gasteiger partial charge on any atom is 0.225 e. The topological polar surface area (TPSA) is 52.7 Å². The van der Waals surface area contributed by atoms with Gasteiger partial charge in [-0.3, -0.25) is 9.59 Å². The van der Waals surface area contributed by atoms with Crippen LogP contribution < -0.4 is 5.32 Å². The predicted molar refractivity (Wildman–Crippen MR) is 100 cm³/mol. The lowest BCUT2D eigenvalue weighted by molar-refractivity contribution is -0.140. The first-order chi connectivity index (χ1) is 12.7. The maximum atomic E-state index is 12.8. The Balaban J connectivity index is 1.22. The van der Waals surface area contributed by atoms with Gasteiger partial charge in [0.05, 0.1) is 0 Å². The minimum atomic E-state index is 0.111. The van der Waals surface area contributed by atoms with Gasteiger partial charge in [0, 0.05) is 51.6 Å². The summed E-state index contributed by atoms with van der Waals surface area (Å²) in [6.45, 7) is 5.42. The highest BCUT2D eigenvalue weighted by Crippen LogP contribution is 2.29. The van der Waals surface area contributed by atoms with E-state index in [2.05, 4.69) is 22.3 Å². The normalized spacial score (nSPS) is 26.2. The average molecular weight is 355 g/mol. The molecule has 3 fully saturated rings. The van der Waals surface area contributed by atoms with Gasteiger partial charge >= 0.3 is 0 Å². The molecule has 3 saturated heterocycles. The van der Waals surface area contributed by atoms with E-state index >= 15 is 0 Å². The van der Waals surface area contributed by atoms with Crippen molar-refractivity contribution in [2.75, 3.05) is 39.3 Å². The number of nitrogens with one attached hydrogen (secondary N) is 1. The van der Waals surface area contributed by atoms with E-state index in [0.29, 0.717) is 24.2 Å². The minimum absolute atomic E-state index is 0.111. The highest BCUT2D eigenvalue weighted by atomic mass is 16.2. The molecular weight excluding hydrogens is 326 g/mol. The molecule has 4 rings (SSSR count). The van der Waals surface area contributed by atoms with Crippen LogP contribution in [0, 0.1) is 17.8 Å². The molecule has 3 aliphatic heterocycles. The van der Waals surface area contributed by atoms with E-state index in [1.807, 2.05) is 23.1 Å². The second kappa shape index (κ2) is 7.78. The molecule has 0 saturated carbocycles. The van der Waals surface area contributed by atoms with Crippen LogP contribution >= 0.6 is 0 Å². The number of hydrogen-bond acceptors (Lipinski definition) is 3. The number of aryl methyl sites for hydroxylation is 1. The van der Waals surface area contributed by atoms with E-state index in [0.717, 1.165) is 58.5 Å². The largest absolute Gasteiger partial charge is 0.343 e. The van der Waals surface area contributed by atoms with Crippen molar-refractivity contribution in [3.63, 3.8) is 0 Å². The van der Waals surface area contributed by atoms with Crippen LogP contribution in [0.2, 0.25) is 0 Å². The van der Waals surface area contributed by atoms with Gasteiger partial charge < -0.3 is 15.1 Å². The highest BCUT2D eigenvalue weighted by Gasteiger charge is 2.40. The van der Waals surface area contributed by atoms with E-state index in [-0.39, 0.29) is 11.8 Å². The summed E-state index contributed by atoms with van der Waals surface area (Å²) in [6, 6.07) is 10.2. The smallest absolute Gasteiger partial charge is 0.225 e. The molecule has 140 valence electrons. The molecule has 0 aromatic heterocycles. The van der Waals surface area contributed by atoms with Crippen molar-refractivity contribution >= 4 is 11.8 Å². The lowest BCUT2D eigenvalue weighted by Gasteiger charge is -2.33. The van der Waals surface area contributed by atoms with E-state index in [4.69, 9.17) is 0 Å². The van der Waals surface area contributed by atoms with Gasteiger partial charge in [0.1, 0.15) is 0 Å². The van der Waals surface area contributed by atoms with Crippen molar-refractivity contribution in [1.82, 2.24) is 15.1 Å². The molecule has 5 nitrogen and oxygen atoms in total. The Morgan fingerprint density at radius 3 is 2.27 bits per heavy atom. The van der Waals surface area contributed by atoms with Gasteiger partial charge in [-0.2, -0.15) is 0 Å². The number of carbonyl (C=O) groups is 2. The van der Waals surface area contributed by atoms with E-state index in [9.17, 15) is 9.59 Å². The van der Waals surface area contributed by atoms with Crippen LogP contribution in [0.15, 0.2) is 30.3 Å². The number of nitrogens with zero attached hydrogens (tertiary/aromatic N) is 2. The summed E-state index contributed by atoms with van der Waals surface area (Å²) in [5.41, 5.74) is 1.21. The first-order valence-corrected chi connectivity index (χ1v) is 10.0. The van der Waals surface area contributed by atoms with Crippen LogP contribution in [0.3, 0.4) is 0 Å². The van der Waals surface area contributed by atoms with Crippen LogP contribution in [0.1, 0.15) is 24.8 Å². The molecule has 5 heteroatoms. The molecule has 0 spiro atoms. The van der Waals surface area contributed by atoms with Crippen molar-refractivity contribution in [1.29, 1.82) is 0 Å². The molecule has 3 aliphatic rings. The predicted octanol–water partition coefficient (Wildman–Crippen LogP) is 1.54. The second-order valence-corrected chi connectivity index (χ2v) is 8.06. The molecular formula is C21H29N3O2. The first-order valence-electron chi connectivity index (χ1n) is 10.0. The van der Waals surface area contributed by atoms with Crippen molar-refractivity contribution in [3.8, 4) is 0 Å². The van der Waals surface area contributed by atoms with E-state index < -0.39 is 0 Å². The van der Waals surface area contributed by atoms with Gasteiger partial charge in [-0.25, -0.2) is 0 Å². The van der Waals surface area contributed by atoms with Crippen molar-refractivity contribution in [3.05, 3.63) is 35.9 Å². The average Bonchev–Trinajstić information content (AvgIpc) is 3.29. The molecule has 0 unspecified atom stereocenters. The zero-order chi connectivity index (χ0) is 17.9. The molecule has 3 heterocycles. The molecule has 2 atom stereocenters. The van der Waals surface area contributed by atoms with Gasteiger partial charge in [-0.15, -0.1) is 0 Å². The quantitative estimate of drug-likeness (QED) is 0.891. The number of hydrogen-bond donors (Lipinski definition) is 1.